The molecule has 0 aliphatic rings. The minimum atomic E-state index is -0.310. The highest BCUT2D eigenvalue weighted by Crippen LogP contribution is 2.35. The van der Waals surface area contributed by atoms with Gasteiger partial charge in [0, 0.05) is 47.5 Å². The molecule has 4 N–H and O–H groups in total. The molecule has 9 nitrogen and oxygen atoms in total. The van der Waals surface area contributed by atoms with Gasteiger partial charge in [-0.3, -0.25) is 14.9 Å². The minimum absolute atomic E-state index is 0.107. The summed E-state index contributed by atoms with van der Waals surface area (Å²) in [6.45, 7) is 1.53. The predicted octanol–water partition coefficient (Wildman–Crippen LogP) is 7.13. The van der Waals surface area contributed by atoms with E-state index in [1.54, 1.807) is 24.7 Å². The predicted molar refractivity (Wildman–Crippen MR) is 186 cm³/mol. The minimum Gasteiger partial charge on any atom is -0.384 e. The Morgan fingerprint density at radius 3 is 2.57 bits per heavy atom. The van der Waals surface area contributed by atoms with Crippen LogP contribution in [0.1, 0.15) is 5.56 Å². The number of hydrogen-bond donors (Lipinski definition) is 4. The van der Waals surface area contributed by atoms with Crippen LogP contribution in [-0.4, -0.2) is 63.1 Å². The SMILES string of the molecule is CN(C)CCNc1cc(F)cc(-c2ccnc3[nH]c(-c4n[nH]c5ccc(-c6cncc(NC(=O)Cc7ccccc7)c6)cc45)cc23)c1. The van der Waals surface area contributed by atoms with E-state index in [0.717, 1.165) is 67.7 Å². The maximum atomic E-state index is 14.7. The molecule has 4 aromatic heterocycles. The fourth-order valence-corrected chi connectivity index (χ4v) is 5.73. The van der Waals surface area contributed by atoms with Gasteiger partial charge < -0.3 is 20.5 Å². The van der Waals surface area contributed by atoms with Gasteiger partial charge in [0.05, 0.1) is 29.5 Å². The lowest BCUT2D eigenvalue weighted by Gasteiger charge is -2.13. The smallest absolute Gasteiger partial charge is 0.228 e. The molecule has 0 saturated heterocycles. The zero-order valence-corrected chi connectivity index (χ0v) is 26.0. The van der Waals surface area contributed by atoms with Crippen LogP contribution in [0.15, 0.2) is 104 Å². The van der Waals surface area contributed by atoms with Crippen molar-refractivity contribution >= 4 is 39.2 Å². The van der Waals surface area contributed by atoms with Crippen LogP contribution in [0.3, 0.4) is 0 Å². The number of likely N-dealkylation sites (N-methyl/N-ethyl adjacent to an activating group) is 1. The molecule has 234 valence electrons. The third-order valence-electron chi connectivity index (χ3n) is 8.01. The highest BCUT2D eigenvalue weighted by molar-refractivity contribution is 6.01. The number of benzene rings is 3. The van der Waals surface area contributed by atoms with E-state index in [0.29, 0.717) is 17.9 Å². The fourth-order valence-electron chi connectivity index (χ4n) is 5.73. The first-order chi connectivity index (χ1) is 22.9. The Kier molecular flexibility index (Phi) is 8.16. The molecule has 0 aliphatic carbocycles. The monoisotopic (exact) mass is 624 g/mol. The lowest BCUT2D eigenvalue weighted by Crippen LogP contribution is -2.20. The van der Waals surface area contributed by atoms with Gasteiger partial charge in [0.15, 0.2) is 0 Å². The van der Waals surface area contributed by atoms with Crippen LogP contribution < -0.4 is 10.6 Å². The third kappa shape index (κ3) is 6.58. The van der Waals surface area contributed by atoms with Crippen LogP contribution in [0.5, 0.6) is 0 Å². The molecule has 0 radical (unpaired) electrons. The third-order valence-corrected chi connectivity index (χ3v) is 8.01. The topological polar surface area (TPSA) is 115 Å². The Balaban J connectivity index is 1.18. The number of carbonyl (C=O) groups is 1. The van der Waals surface area contributed by atoms with Gasteiger partial charge in [0.25, 0.3) is 0 Å². The van der Waals surface area contributed by atoms with Crippen molar-refractivity contribution in [3.8, 4) is 33.6 Å². The summed E-state index contributed by atoms with van der Waals surface area (Å²) in [6.07, 6.45) is 5.42. The first-order valence-electron chi connectivity index (χ1n) is 15.3. The summed E-state index contributed by atoms with van der Waals surface area (Å²) in [5, 5.41) is 15.8. The average molecular weight is 625 g/mol. The number of anilines is 2. The van der Waals surface area contributed by atoms with E-state index in [-0.39, 0.29) is 18.1 Å². The largest absolute Gasteiger partial charge is 0.384 e. The Morgan fingerprint density at radius 1 is 0.872 bits per heavy atom. The average Bonchev–Trinajstić information content (AvgIpc) is 3.69. The van der Waals surface area contributed by atoms with Crippen molar-refractivity contribution in [2.75, 3.05) is 37.8 Å². The Morgan fingerprint density at radius 2 is 1.72 bits per heavy atom. The van der Waals surface area contributed by atoms with Crippen LogP contribution in [-0.2, 0) is 11.2 Å². The Hall–Kier alpha value is -5.87. The van der Waals surface area contributed by atoms with Crippen LogP contribution >= 0.6 is 0 Å². The molecule has 7 aromatic rings. The molecule has 7 rings (SSSR count). The summed E-state index contributed by atoms with van der Waals surface area (Å²) < 4.78 is 14.7. The highest BCUT2D eigenvalue weighted by Gasteiger charge is 2.16. The molecule has 0 unspecified atom stereocenters. The van der Waals surface area contributed by atoms with Crippen LogP contribution in [0.25, 0.3) is 55.6 Å². The molecule has 3 aromatic carbocycles. The number of pyridine rings is 2. The van der Waals surface area contributed by atoms with E-state index < -0.39 is 0 Å². The second-order valence-corrected chi connectivity index (χ2v) is 11.8. The lowest BCUT2D eigenvalue weighted by atomic mass is 10.0. The number of aromatic nitrogens is 5. The molecule has 0 atom stereocenters. The maximum Gasteiger partial charge on any atom is 0.228 e. The van der Waals surface area contributed by atoms with E-state index in [2.05, 4.69) is 46.7 Å². The zero-order valence-electron chi connectivity index (χ0n) is 26.0. The standard InChI is InChI=1S/C37H33FN8O/c1-46(2)13-12-40-28-16-25(15-27(38)19-28)30-10-11-41-37-31(30)20-34(43-37)36-32-18-24(8-9-33(32)44-45-36)26-17-29(22-39-21-26)42-35(47)14-23-6-4-3-5-7-23/h3-11,15-22,40H,12-14H2,1-2H3,(H,41,43)(H,42,47)(H,44,45). The number of H-pyrrole nitrogens is 2. The number of carbonyl (C=O) groups excluding carboxylic acids is 1. The molecule has 1 amide bonds. The summed E-state index contributed by atoms with van der Waals surface area (Å²) in [5.41, 5.74) is 8.77. The maximum absolute atomic E-state index is 14.7. The molecule has 47 heavy (non-hydrogen) atoms. The van der Waals surface area contributed by atoms with E-state index in [1.807, 2.05) is 80.8 Å². The Bertz CT molecular complexity index is 2210. The number of aromatic amines is 2. The number of nitrogens with one attached hydrogen (secondary N) is 4. The molecule has 0 fully saturated rings. The number of rotatable bonds is 10. The van der Waals surface area contributed by atoms with Crippen molar-refractivity contribution in [3.63, 3.8) is 0 Å². The van der Waals surface area contributed by atoms with Gasteiger partial charge in [-0.15, -0.1) is 0 Å². The van der Waals surface area contributed by atoms with Crippen LogP contribution in [0.2, 0.25) is 0 Å². The van der Waals surface area contributed by atoms with Crippen molar-refractivity contribution < 1.29 is 9.18 Å². The number of fused-ring (bicyclic) bond motifs is 2. The molecular formula is C37H33FN8O. The fraction of sp³-hybridized carbons (Fsp3) is 0.135. The van der Waals surface area contributed by atoms with E-state index in [1.165, 1.54) is 6.07 Å². The van der Waals surface area contributed by atoms with Crippen molar-refractivity contribution in [2.24, 2.45) is 0 Å². The van der Waals surface area contributed by atoms with Crippen LogP contribution in [0, 0.1) is 5.82 Å². The van der Waals surface area contributed by atoms with E-state index in [4.69, 9.17) is 0 Å². The highest BCUT2D eigenvalue weighted by atomic mass is 19.1. The first kappa shape index (κ1) is 29.8. The van der Waals surface area contributed by atoms with Crippen molar-refractivity contribution in [1.82, 2.24) is 30.0 Å². The molecule has 4 heterocycles. The summed E-state index contributed by atoms with van der Waals surface area (Å²) >= 11 is 0. The number of hydrogen-bond acceptors (Lipinski definition) is 6. The molecular weight excluding hydrogens is 591 g/mol. The summed E-state index contributed by atoms with van der Waals surface area (Å²) in [4.78, 5) is 27.1. The van der Waals surface area contributed by atoms with Crippen molar-refractivity contribution in [1.29, 1.82) is 0 Å². The van der Waals surface area contributed by atoms with Gasteiger partial charge in [0.2, 0.25) is 5.91 Å². The van der Waals surface area contributed by atoms with Crippen molar-refractivity contribution in [2.45, 2.75) is 6.42 Å². The van der Waals surface area contributed by atoms with Gasteiger partial charge in [0.1, 0.15) is 17.2 Å². The van der Waals surface area contributed by atoms with Gasteiger partial charge in [-0.2, -0.15) is 5.10 Å². The normalized spacial score (nSPS) is 11.4. The van der Waals surface area contributed by atoms with Crippen LogP contribution in [0.4, 0.5) is 15.8 Å². The number of nitrogens with zero attached hydrogens (tertiary/aromatic N) is 4. The zero-order chi connectivity index (χ0) is 32.3. The van der Waals surface area contributed by atoms with Gasteiger partial charge in [-0.25, -0.2) is 9.37 Å². The molecule has 0 spiro atoms. The summed E-state index contributed by atoms with van der Waals surface area (Å²) in [6, 6.07) is 26.5. The molecule has 0 saturated carbocycles. The second-order valence-electron chi connectivity index (χ2n) is 11.8. The molecule has 0 bridgehead atoms. The Labute approximate surface area is 270 Å². The second kappa shape index (κ2) is 12.9. The molecule has 0 aliphatic heterocycles. The summed E-state index contributed by atoms with van der Waals surface area (Å²) in [5.74, 6) is -0.416. The molecule has 10 heteroatoms. The number of amides is 1. The van der Waals surface area contributed by atoms with Gasteiger partial charge in [-0.1, -0.05) is 36.4 Å². The lowest BCUT2D eigenvalue weighted by molar-refractivity contribution is -0.115. The summed E-state index contributed by atoms with van der Waals surface area (Å²) in [7, 11) is 4.01. The first-order valence-corrected chi connectivity index (χ1v) is 15.3. The number of halogens is 1. The van der Waals surface area contributed by atoms with E-state index in [9.17, 15) is 9.18 Å². The quantitative estimate of drug-likeness (QED) is 0.129. The van der Waals surface area contributed by atoms with Crippen molar-refractivity contribution in [3.05, 3.63) is 115 Å². The van der Waals surface area contributed by atoms with Gasteiger partial charge in [-0.05, 0) is 84.9 Å². The van der Waals surface area contributed by atoms with Gasteiger partial charge >= 0.3 is 0 Å². The van der Waals surface area contributed by atoms with E-state index >= 15 is 0 Å².